The van der Waals surface area contributed by atoms with Gasteiger partial charge in [-0.1, -0.05) is 42.5 Å². The normalized spacial score (nSPS) is 17.7. The molecule has 2 N–H and O–H groups in total. The molecular weight excluding hydrogens is 372 g/mol. The maximum Gasteiger partial charge on any atom is 0.308 e. The lowest BCUT2D eigenvalue weighted by Gasteiger charge is -2.33. The third-order valence-corrected chi connectivity index (χ3v) is 5.00. The quantitative estimate of drug-likeness (QED) is 0.750. The van der Waals surface area contributed by atoms with Crippen molar-refractivity contribution in [3.05, 3.63) is 60.2 Å². The lowest BCUT2D eigenvalue weighted by atomic mass is 9.94. The molecule has 3 atom stereocenters. The summed E-state index contributed by atoms with van der Waals surface area (Å²) in [7, 11) is 0. The van der Waals surface area contributed by atoms with Crippen LogP contribution in [-0.4, -0.2) is 35.5 Å². The first-order chi connectivity index (χ1) is 13.9. The number of amides is 2. The van der Waals surface area contributed by atoms with Gasteiger partial charge in [0, 0.05) is 13.0 Å². The molecule has 7 heteroatoms. The molecule has 0 bridgehead atoms. The molecule has 0 aliphatic carbocycles. The number of benzene rings is 2. The van der Waals surface area contributed by atoms with E-state index in [-0.39, 0.29) is 24.8 Å². The lowest BCUT2D eigenvalue weighted by Crippen LogP contribution is -2.46. The first-order valence-corrected chi connectivity index (χ1v) is 9.52. The van der Waals surface area contributed by atoms with Crippen LogP contribution in [0.15, 0.2) is 54.6 Å². The molecule has 152 valence electrons. The van der Waals surface area contributed by atoms with Gasteiger partial charge in [-0.25, -0.2) is 0 Å². The van der Waals surface area contributed by atoms with Crippen molar-refractivity contribution in [3.8, 4) is 5.75 Å². The zero-order valence-electron chi connectivity index (χ0n) is 16.4. The molecule has 0 saturated heterocycles. The van der Waals surface area contributed by atoms with Gasteiger partial charge >= 0.3 is 5.97 Å². The summed E-state index contributed by atoms with van der Waals surface area (Å²) >= 11 is 0. The van der Waals surface area contributed by atoms with Crippen LogP contribution in [0.2, 0.25) is 0 Å². The molecule has 0 spiro atoms. The van der Waals surface area contributed by atoms with Crippen molar-refractivity contribution in [2.24, 2.45) is 5.92 Å². The van der Waals surface area contributed by atoms with Gasteiger partial charge in [0.05, 0.1) is 17.6 Å². The van der Waals surface area contributed by atoms with E-state index in [2.05, 4.69) is 5.32 Å². The highest BCUT2D eigenvalue weighted by Crippen LogP contribution is 2.33. The van der Waals surface area contributed by atoms with Gasteiger partial charge in [0.1, 0.15) is 5.75 Å². The Morgan fingerprint density at radius 2 is 1.79 bits per heavy atom. The maximum absolute atomic E-state index is 12.6. The fourth-order valence-electron chi connectivity index (χ4n) is 3.35. The number of para-hydroxylation sites is 2. The minimum atomic E-state index is -0.995. The number of nitrogens with zero attached hydrogens (tertiary/aromatic N) is 1. The van der Waals surface area contributed by atoms with Gasteiger partial charge in [-0.05, 0) is 31.5 Å². The number of aliphatic carboxylic acids is 1. The highest BCUT2D eigenvalue weighted by atomic mass is 16.5. The fraction of sp³-hybridized carbons (Fsp3) is 0.318. The first kappa shape index (κ1) is 20.4. The number of hydrogen-bond donors (Lipinski definition) is 2. The summed E-state index contributed by atoms with van der Waals surface area (Å²) < 4.78 is 5.60. The van der Waals surface area contributed by atoms with E-state index in [1.54, 1.807) is 61.2 Å². The van der Waals surface area contributed by atoms with Gasteiger partial charge in [-0.2, -0.15) is 0 Å². The Labute approximate surface area is 169 Å². The molecule has 0 saturated carbocycles. The Hall–Kier alpha value is -3.35. The van der Waals surface area contributed by atoms with Crippen molar-refractivity contribution in [3.63, 3.8) is 0 Å². The molecule has 0 aromatic heterocycles. The number of rotatable bonds is 7. The number of carbonyl (C=O) groups is 3. The van der Waals surface area contributed by atoms with Gasteiger partial charge in [0.2, 0.25) is 5.91 Å². The highest BCUT2D eigenvalue weighted by molar-refractivity contribution is 6.00. The molecule has 3 rings (SSSR count). The van der Waals surface area contributed by atoms with Gasteiger partial charge < -0.3 is 20.1 Å². The summed E-state index contributed by atoms with van der Waals surface area (Å²) in [6.07, 6.45) is -0.584. The second-order valence-corrected chi connectivity index (χ2v) is 7.05. The van der Waals surface area contributed by atoms with Crippen LogP contribution in [-0.2, 0) is 14.4 Å². The Balaban J connectivity index is 1.71. The third kappa shape index (κ3) is 4.56. The second-order valence-electron chi connectivity index (χ2n) is 7.05. The monoisotopic (exact) mass is 396 g/mol. The molecule has 1 aliphatic heterocycles. The summed E-state index contributed by atoms with van der Waals surface area (Å²) in [5.74, 6) is -1.73. The molecule has 2 amide bonds. The number of nitrogens with one attached hydrogen (secondary N) is 1. The molecule has 2 aromatic carbocycles. The van der Waals surface area contributed by atoms with E-state index in [0.717, 1.165) is 5.56 Å². The summed E-state index contributed by atoms with van der Waals surface area (Å²) in [6, 6.07) is 15.5. The molecule has 29 heavy (non-hydrogen) atoms. The SMILES string of the molecule is CC1Oc2ccccc2N(CCC(=O)NC(c2ccccc2)C(C)C(=O)O)C1=O. The van der Waals surface area contributed by atoms with Crippen LogP contribution in [0, 0.1) is 5.92 Å². The van der Waals surface area contributed by atoms with Crippen LogP contribution >= 0.6 is 0 Å². The molecule has 2 aromatic rings. The first-order valence-electron chi connectivity index (χ1n) is 9.52. The Kier molecular flexibility index (Phi) is 6.16. The largest absolute Gasteiger partial charge is 0.481 e. The number of hydrogen-bond acceptors (Lipinski definition) is 4. The molecule has 7 nitrogen and oxygen atoms in total. The smallest absolute Gasteiger partial charge is 0.308 e. The van der Waals surface area contributed by atoms with Crippen LogP contribution in [0.4, 0.5) is 5.69 Å². The van der Waals surface area contributed by atoms with Crippen molar-refractivity contribution in [2.45, 2.75) is 32.4 Å². The van der Waals surface area contributed by atoms with E-state index in [9.17, 15) is 19.5 Å². The van der Waals surface area contributed by atoms with Crippen LogP contribution in [0.3, 0.4) is 0 Å². The molecule has 1 heterocycles. The zero-order chi connectivity index (χ0) is 21.0. The average molecular weight is 396 g/mol. The number of anilines is 1. The van der Waals surface area contributed by atoms with Gasteiger partial charge in [0.15, 0.2) is 6.10 Å². The van der Waals surface area contributed by atoms with E-state index in [4.69, 9.17) is 4.74 Å². The van der Waals surface area contributed by atoms with E-state index < -0.39 is 24.0 Å². The number of carbonyl (C=O) groups excluding carboxylic acids is 2. The predicted molar refractivity (Wildman–Crippen MR) is 108 cm³/mol. The molecule has 3 unspecified atom stereocenters. The number of carboxylic acid groups (broad SMARTS) is 1. The van der Waals surface area contributed by atoms with E-state index in [1.807, 2.05) is 12.1 Å². The number of ether oxygens (including phenoxy) is 1. The number of carboxylic acids is 1. The van der Waals surface area contributed by atoms with E-state index >= 15 is 0 Å². The van der Waals surface area contributed by atoms with Crippen LogP contribution in [0.25, 0.3) is 0 Å². The van der Waals surface area contributed by atoms with Gasteiger partial charge in [-0.15, -0.1) is 0 Å². The molecule has 1 aliphatic rings. The topological polar surface area (TPSA) is 95.9 Å². The van der Waals surface area contributed by atoms with Crippen molar-refractivity contribution in [2.75, 3.05) is 11.4 Å². The zero-order valence-corrected chi connectivity index (χ0v) is 16.4. The highest BCUT2D eigenvalue weighted by Gasteiger charge is 2.32. The summed E-state index contributed by atoms with van der Waals surface area (Å²) in [5, 5.41) is 12.2. The molecule has 0 fully saturated rings. The van der Waals surface area contributed by atoms with Crippen molar-refractivity contribution >= 4 is 23.5 Å². The maximum atomic E-state index is 12.6. The Morgan fingerprint density at radius 1 is 1.14 bits per heavy atom. The van der Waals surface area contributed by atoms with Crippen LogP contribution in [0.5, 0.6) is 5.75 Å². The standard InChI is InChI=1S/C22H24N2O5/c1-14(22(27)28)20(16-8-4-3-5-9-16)23-19(25)12-13-24-17-10-6-7-11-18(17)29-15(2)21(24)26/h3-11,14-15,20H,12-13H2,1-2H3,(H,23,25)(H,27,28). The van der Waals surface area contributed by atoms with Gasteiger partial charge in [-0.3, -0.25) is 14.4 Å². The molecule has 0 radical (unpaired) electrons. The van der Waals surface area contributed by atoms with E-state index in [0.29, 0.717) is 11.4 Å². The average Bonchev–Trinajstić information content (AvgIpc) is 2.72. The second kappa shape index (κ2) is 8.77. The van der Waals surface area contributed by atoms with Crippen LogP contribution in [0.1, 0.15) is 31.9 Å². The van der Waals surface area contributed by atoms with E-state index in [1.165, 1.54) is 0 Å². The minimum Gasteiger partial charge on any atom is -0.481 e. The molecular formula is C22H24N2O5. The Morgan fingerprint density at radius 3 is 2.48 bits per heavy atom. The summed E-state index contributed by atoms with van der Waals surface area (Å²) in [5.41, 5.74) is 1.35. The third-order valence-electron chi connectivity index (χ3n) is 5.00. The summed E-state index contributed by atoms with van der Waals surface area (Å²) in [6.45, 7) is 3.41. The minimum absolute atomic E-state index is 0.0441. The predicted octanol–water partition coefficient (Wildman–Crippen LogP) is 2.77. The number of fused-ring (bicyclic) bond motifs is 1. The van der Waals surface area contributed by atoms with Gasteiger partial charge in [0.25, 0.3) is 5.91 Å². The Bertz CT molecular complexity index is 899. The van der Waals surface area contributed by atoms with Crippen molar-refractivity contribution in [1.29, 1.82) is 0 Å². The lowest BCUT2D eigenvalue weighted by molar-refractivity contribution is -0.142. The van der Waals surface area contributed by atoms with Crippen molar-refractivity contribution < 1.29 is 24.2 Å². The summed E-state index contributed by atoms with van der Waals surface area (Å²) in [4.78, 5) is 38.2. The van der Waals surface area contributed by atoms with Crippen molar-refractivity contribution in [1.82, 2.24) is 5.32 Å². The van der Waals surface area contributed by atoms with Crippen LogP contribution < -0.4 is 15.0 Å². The fourth-order valence-corrected chi connectivity index (χ4v) is 3.35.